The maximum Gasteiger partial charge on any atom is 0.417 e. The van der Waals surface area contributed by atoms with E-state index in [1.807, 2.05) is 12.1 Å². The highest BCUT2D eigenvalue weighted by Crippen LogP contribution is 2.31. The number of fused-ring (bicyclic) bond motifs is 1. The molecule has 0 radical (unpaired) electrons. The number of amides is 1. The Balaban J connectivity index is 1.11. The number of carbonyl (C=O) groups is 2. The zero-order valence-electron chi connectivity index (χ0n) is 21.9. The average Bonchev–Trinajstić information content (AvgIpc) is 3.38. The number of carbonyl (C=O) groups excluding carboxylic acids is 2. The van der Waals surface area contributed by atoms with Crippen molar-refractivity contribution in [2.24, 2.45) is 0 Å². The molecule has 1 aliphatic rings. The Morgan fingerprint density at radius 3 is 2.37 bits per heavy atom. The molecule has 12 heteroatoms. The van der Waals surface area contributed by atoms with Crippen LogP contribution in [0.15, 0.2) is 67.0 Å². The number of aromatic amines is 1. The number of esters is 1. The Hall–Kier alpha value is -4.74. The molecule has 4 aromatic rings. The molecule has 0 bridgehead atoms. The van der Waals surface area contributed by atoms with Gasteiger partial charge in [-0.2, -0.15) is 13.2 Å². The summed E-state index contributed by atoms with van der Waals surface area (Å²) in [5.41, 5.74) is 0.375. The first kappa shape index (κ1) is 27.8. The van der Waals surface area contributed by atoms with Gasteiger partial charge in [0.05, 0.1) is 17.7 Å². The van der Waals surface area contributed by atoms with Crippen LogP contribution >= 0.6 is 0 Å². The van der Waals surface area contributed by atoms with E-state index in [2.05, 4.69) is 9.97 Å². The lowest BCUT2D eigenvalue weighted by atomic mass is 10.1. The average molecular weight is 570 g/mol. The van der Waals surface area contributed by atoms with Crippen LogP contribution in [0.2, 0.25) is 0 Å². The molecule has 9 nitrogen and oxygen atoms in total. The van der Waals surface area contributed by atoms with E-state index in [0.717, 1.165) is 17.6 Å². The predicted molar refractivity (Wildman–Crippen MR) is 141 cm³/mol. The number of aromatic nitrogens is 2. The molecule has 41 heavy (non-hydrogen) atoms. The third-order valence-corrected chi connectivity index (χ3v) is 6.47. The number of hydrogen-bond donors (Lipinski definition) is 1. The van der Waals surface area contributed by atoms with Crippen molar-refractivity contribution >= 4 is 23.0 Å². The van der Waals surface area contributed by atoms with Crippen molar-refractivity contribution in [1.82, 2.24) is 14.9 Å². The van der Waals surface area contributed by atoms with Crippen LogP contribution in [-0.4, -0.2) is 52.7 Å². The molecule has 5 rings (SSSR count). The summed E-state index contributed by atoms with van der Waals surface area (Å²) >= 11 is 0. The first-order valence-corrected chi connectivity index (χ1v) is 12.9. The highest BCUT2D eigenvalue weighted by molar-refractivity contribution is 6.04. The quantitative estimate of drug-likeness (QED) is 0.250. The summed E-state index contributed by atoms with van der Waals surface area (Å²) in [5, 5.41) is 0.717. The minimum Gasteiger partial charge on any atom is -0.490 e. The molecule has 3 heterocycles. The zero-order valence-corrected chi connectivity index (χ0v) is 21.9. The summed E-state index contributed by atoms with van der Waals surface area (Å²) in [7, 11) is 0. The molecule has 1 fully saturated rings. The Morgan fingerprint density at radius 2 is 1.71 bits per heavy atom. The predicted octanol–water partition coefficient (Wildman–Crippen LogP) is 6.59. The fraction of sp³-hybridized carbons (Fsp3) is 0.276. The fourth-order valence-electron chi connectivity index (χ4n) is 4.37. The second kappa shape index (κ2) is 11.8. The molecule has 214 valence electrons. The number of rotatable bonds is 7. The maximum atomic E-state index is 12.7. The molecule has 0 spiro atoms. The van der Waals surface area contributed by atoms with Gasteiger partial charge in [0.2, 0.25) is 5.88 Å². The van der Waals surface area contributed by atoms with Crippen LogP contribution in [0.25, 0.3) is 10.9 Å². The lowest BCUT2D eigenvalue weighted by Gasteiger charge is -2.31. The van der Waals surface area contributed by atoms with Gasteiger partial charge in [-0.05, 0) is 55.5 Å². The number of nitrogens with zero attached hydrogens (tertiary/aromatic N) is 2. The number of hydrogen-bond acceptors (Lipinski definition) is 7. The van der Waals surface area contributed by atoms with Crippen molar-refractivity contribution in [3.63, 3.8) is 0 Å². The molecule has 0 saturated carbocycles. The van der Waals surface area contributed by atoms with E-state index in [1.54, 1.807) is 24.1 Å². The van der Waals surface area contributed by atoms with Crippen LogP contribution in [0.5, 0.6) is 23.1 Å². The normalized spacial score (nSPS) is 14.1. The minimum absolute atomic E-state index is 0.000272. The molecular formula is C29H26F3N3O6. The van der Waals surface area contributed by atoms with Crippen molar-refractivity contribution < 1.29 is 41.7 Å². The van der Waals surface area contributed by atoms with Gasteiger partial charge in [-0.1, -0.05) is 0 Å². The molecule has 1 N–H and O–H groups in total. The SMILES string of the molecule is CCOC(=O)c1c[nH]c2ccc(OC3CCN(C(=O)Oc4ccc(Oc5ccc(C(F)(F)F)cn5)cc4)CC3)cc12. The van der Waals surface area contributed by atoms with Crippen LogP contribution in [-0.2, 0) is 10.9 Å². The van der Waals surface area contributed by atoms with E-state index in [-0.39, 0.29) is 18.6 Å². The molecule has 0 unspecified atom stereocenters. The summed E-state index contributed by atoms with van der Waals surface area (Å²) in [6.07, 6.45) is -1.59. The third kappa shape index (κ3) is 6.71. The largest absolute Gasteiger partial charge is 0.490 e. The number of pyridine rings is 1. The second-order valence-corrected chi connectivity index (χ2v) is 9.26. The summed E-state index contributed by atoms with van der Waals surface area (Å²) in [6, 6.07) is 13.6. The highest BCUT2D eigenvalue weighted by atomic mass is 19.4. The van der Waals surface area contributed by atoms with E-state index in [1.165, 1.54) is 24.3 Å². The van der Waals surface area contributed by atoms with Crippen molar-refractivity contribution in [2.75, 3.05) is 19.7 Å². The van der Waals surface area contributed by atoms with Gasteiger partial charge in [0.1, 0.15) is 23.4 Å². The fourth-order valence-corrected chi connectivity index (χ4v) is 4.37. The standard InChI is InChI=1S/C29H26F3N3O6/c1-2-38-27(36)24-17-33-25-9-8-22(15-23(24)25)39-21-11-13-35(14-12-21)28(37)41-20-6-4-19(5-7-20)40-26-10-3-18(16-34-26)29(30,31)32/h3-10,15-17,21,33H,2,11-14H2,1H3. The zero-order chi connectivity index (χ0) is 29.0. The minimum atomic E-state index is -4.48. The van der Waals surface area contributed by atoms with Gasteiger partial charge in [-0.15, -0.1) is 0 Å². The first-order valence-electron chi connectivity index (χ1n) is 12.9. The van der Waals surface area contributed by atoms with Crippen molar-refractivity contribution in [2.45, 2.75) is 32.0 Å². The Morgan fingerprint density at radius 1 is 1.00 bits per heavy atom. The topological polar surface area (TPSA) is 103 Å². The Kier molecular flexibility index (Phi) is 7.99. The Labute approximate surface area is 232 Å². The molecule has 1 saturated heterocycles. The monoisotopic (exact) mass is 569 g/mol. The number of ether oxygens (including phenoxy) is 4. The van der Waals surface area contributed by atoms with Crippen LogP contribution in [0.4, 0.5) is 18.0 Å². The second-order valence-electron chi connectivity index (χ2n) is 9.26. The molecule has 2 aromatic heterocycles. The molecule has 1 aliphatic heterocycles. The van der Waals surface area contributed by atoms with E-state index in [4.69, 9.17) is 18.9 Å². The number of halogens is 3. The number of benzene rings is 2. The number of nitrogens with one attached hydrogen (secondary N) is 1. The summed E-state index contributed by atoms with van der Waals surface area (Å²) in [5.74, 6) is 0.833. The van der Waals surface area contributed by atoms with E-state index >= 15 is 0 Å². The van der Waals surface area contributed by atoms with Crippen molar-refractivity contribution in [1.29, 1.82) is 0 Å². The van der Waals surface area contributed by atoms with Gasteiger partial charge in [0, 0.05) is 55.3 Å². The van der Waals surface area contributed by atoms with Crippen LogP contribution < -0.4 is 14.2 Å². The van der Waals surface area contributed by atoms with Gasteiger partial charge in [0.15, 0.2) is 0 Å². The van der Waals surface area contributed by atoms with E-state index in [0.29, 0.717) is 60.3 Å². The summed E-state index contributed by atoms with van der Waals surface area (Å²) in [4.78, 5) is 33.2. The molecule has 1 amide bonds. The number of piperidine rings is 1. The van der Waals surface area contributed by atoms with Crippen LogP contribution in [0.3, 0.4) is 0 Å². The lowest BCUT2D eigenvalue weighted by Crippen LogP contribution is -2.43. The number of alkyl halides is 3. The smallest absolute Gasteiger partial charge is 0.417 e. The third-order valence-electron chi connectivity index (χ3n) is 6.47. The van der Waals surface area contributed by atoms with Gasteiger partial charge >= 0.3 is 18.2 Å². The van der Waals surface area contributed by atoms with Crippen molar-refractivity contribution in [3.8, 4) is 23.1 Å². The number of likely N-dealkylation sites (tertiary alicyclic amines) is 1. The molecule has 0 atom stereocenters. The van der Waals surface area contributed by atoms with Crippen LogP contribution in [0.1, 0.15) is 35.7 Å². The van der Waals surface area contributed by atoms with E-state index in [9.17, 15) is 22.8 Å². The Bertz CT molecular complexity index is 1510. The van der Waals surface area contributed by atoms with Crippen molar-refractivity contribution in [3.05, 3.63) is 78.1 Å². The summed E-state index contributed by atoms with van der Waals surface area (Å²) in [6.45, 7) is 2.91. The van der Waals surface area contributed by atoms with Gasteiger partial charge in [-0.3, -0.25) is 0 Å². The first-order chi connectivity index (χ1) is 19.7. The number of H-pyrrole nitrogens is 1. The molecule has 0 aliphatic carbocycles. The molecule has 2 aromatic carbocycles. The van der Waals surface area contributed by atoms with Crippen LogP contribution in [0, 0.1) is 0 Å². The maximum absolute atomic E-state index is 12.7. The molecular weight excluding hydrogens is 543 g/mol. The lowest BCUT2D eigenvalue weighted by molar-refractivity contribution is -0.137. The summed E-state index contributed by atoms with van der Waals surface area (Å²) < 4.78 is 60.2. The highest BCUT2D eigenvalue weighted by Gasteiger charge is 2.31. The van der Waals surface area contributed by atoms with Gasteiger partial charge in [-0.25, -0.2) is 14.6 Å². The van der Waals surface area contributed by atoms with Gasteiger partial charge in [0.25, 0.3) is 0 Å². The van der Waals surface area contributed by atoms with E-state index < -0.39 is 23.8 Å². The van der Waals surface area contributed by atoms with Gasteiger partial charge < -0.3 is 28.8 Å².